The number of rotatable bonds is 3. The van der Waals surface area contributed by atoms with E-state index in [2.05, 4.69) is 10.0 Å². The van der Waals surface area contributed by atoms with E-state index in [4.69, 9.17) is 0 Å². The fourth-order valence-electron chi connectivity index (χ4n) is 1.83. The fourth-order valence-corrected chi connectivity index (χ4v) is 3.24. The zero-order valence-corrected chi connectivity index (χ0v) is 10.3. The molecule has 0 aromatic heterocycles. The van der Waals surface area contributed by atoms with Gasteiger partial charge in [0.05, 0.1) is 10.9 Å². The predicted molar refractivity (Wildman–Crippen MR) is 65.0 cm³/mol. The van der Waals surface area contributed by atoms with Gasteiger partial charge in [0.2, 0.25) is 10.0 Å². The molecular formula is C11H15FN2O2S. The smallest absolute Gasteiger partial charge is 0.237 e. The second kappa shape index (κ2) is 4.62. The van der Waals surface area contributed by atoms with Gasteiger partial charge < -0.3 is 5.32 Å². The Morgan fingerprint density at radius 3 is 2.82 bits per heavy atom. The third-order valence-corrected chi connectivity index (χ3v) is 4.62. The first kappa shape index (κ1) is 12.3. The molecule has 94 valence electrons. The highest BCUT2D eigenvalue weighted by Crippen LogP contribution is 2.19. The van der Waals surface area contributed by atoms with Crippen LogP contribution in [0, 0.1) is 12.7 Å². The molecular weight excluding hydrogens is 243 g/mol. The molecule has 2 N–H and O–H groups in total. The second-order valence-electron chi connectivity index (χ2n) is 4.25. The number of hydrogen-bond donors (Lipinski definition) is 2. The van der Waals surface area contributed by atoms with Gasteiger partial charge in [0.15, 0.2) is 0 Å². The molecule has 17 heavy (non-hydrogen) atoms. The zero-order chi connectivity index (χ0) is 12.5. The van der Waals surface area contributed by atoms with Crippen LogP contribution in [0.15, 0.2) is 18.2 Å². The first-order chi connectivity index (χ1) is 7.99. The molecule has 1 aromatic rings. The number of hydrogen-bond acceptors (Lipinski definition) is 3. The molecule has 2 rings (SSSR count). The molecule has 4 nitrogen and oxygen atoms in total. The van der Waals surface area contributed by atoms with Gasteiger partial charge in [-0.15, -0.1) is 0 Å². The summed E-state index contributed by atoms with van der Waals surface area (Å²) in [6, 6.07) is 4.43. The molecule has 1 aromatic carbocycles. The van der Waals surface area contributed by atoms with Gasteiger partial charge in [-0.2, -0.15) is 0 Å². The van der Waals surface area contributed by atoms with E-state index in [-0.39, 0.29) is 5.69 Å². The fraction of sp³-hybridized carbons (Fsp3) is 0.455. The zero-order valence-electron chi connectivity index (χ0n) is 9.53. The Labute approximate surface area is 100 Å². The topological polar surface area (TPSA) is 58.2 Å². The summed E-state index contributed by atoms with van der Waals surface area (Å²) in [4.78, 5) is 0. The third-order valence-electron chi connectivity index (χ3n) is 2.83. The van der Waals surface area contributed by atoms with Crippen LogP contribution in [0.5, 0.6) is 0 Å². The van der Waals surface area contributed by atoms with Crippen LogP contribution in [-0.4, -0.2) is 26.8 Å². The molecule has 1 unspecified atom stereocenters. The maximum Gasteiger partial charge on any atom is 0.237 e. The summed E-state index contributed by atoms with van der Waals surface area (Å²) in [6.45, 7) is 2.85. The highest BCUT2D eigenvalue weighted by Gasteiger charge is 2.29. The first-order valence-electron chi connectivity index (χ1n) is 5.47. The molecule has 0 spiro atoms. The standard InChI is InChI=1S/C11H15FN2O2S/c1-8-2-3-11(10(12)6-8)14-17(15,16)9-4-5-13-7-9/h2-3,6,9,13-14H,4-5,7H2,1H3. The number of anilines is 1. The summed E-state index contributed by atoms with van der Waals surface area (Å²) in [7, 11) is -3.50. The lowest BCUT2D eigenvalue weighted by molar-refractivity contribution is 0.586. The normalized spacial score (nSPS) is 20.5. The molecule has 6 heteroatoms. The summed E-state index contributed by atoms with van der Waals surface area (Å²) in [5, 5.41) is 2.49. The van der Waals surface area contributed by atoms with E-state index in [1.165, 1.54) is 12.1 Å². The van der Waals surface area contributed by atoms with Crippen molar-refractivity contribution in [1.82, 2.24) is 5.32 Å². The second-order valence-corrected chi connectivity index (χ2v) is 6.21. The monoisotopic (exact) mass is 258 g/mol. The summed E-state index contributed by atoms with van der Waals surface area (Å²) >= 11 is 0. The highest BCUT2D eigenvalue weighted by molar-refractivity contribution is 7.93. The number of halogens is 1. The highest BCUT2D eigenvalue weighted by atomic mass is 32.2. The molecule has 0 bridgehead atoms. The van der Waals surface area contributed by atoms with E-state index in [9.17, 15) is 12.8 Å². The summed E-state index contributed by atoms with van der Waals surface area (Å²) in [5.74, 6) is -0.542. The molecule has 1 aliphatic rings. The number of nitrogens with one attached hydrogen (secondary N) is 2. The minimum Gasteiger partial charge on any atom is -0.315 e. The Morgan fingerprint density at radius 1 is 1.47 bits per heavy atom. The third kappa shape index (κ3) is 2.76. The largest absolute Gasteiger partial charge is 0.315 e. The van der Waals surface area contributed by atoms with Crippen molar-refractivity contribution in [2.45, 2.75) is 18.6 Å². The average molecular weight is 258 g/mol. The minimum atomic E-state index is -3.50. The molecule has 1 atom stereocenters. The van der Waals surface area contributed by atoms with Gasteiger partial charge >= 0.3 is 0 Å². The maximum atomic E-state index is 13.5. The lowest BCUT2D eigenvalue weighted by atomic mass is 10.2. The van der Waals surface area contributed by atoms with Crippen LogP contribution in [0.1, 0.15) is 12.0 Å². The summed E-state index contributed by atoms with van der Waals surface area (Å²) < 4.78 is 39.7. The van der Waals surface area contributed by atoms with E-state index in [0.717, 1.165) is 5.56 Å². The average Bonchev–Trinajstić information content (AvgIpc) is 2.76. The Kier molecular flexibility index (Phi) is 3.35. The van der Waals surface area contributed by atoms with Gasteiger partial charge in [0, 0.05) is 6.54 Å². The Hall–Kier alpha value is -1.14. The van der Waals surface area contributed by atoms with Gasteiger partial charge in [-0.3, -0.25) is 4.72 Å². The van der Waals surface area contributed by atoms with Crippen molar-refractivity contribution in [3.8, 4) is 0 Å². The van der Waals surface area contributed by atoms with Crippen molar-refractivity contribution in [3.05, 3.63) is 29.6 Å². The Balaban J connectivity index is 2.19. The molecule has 1 saturated heterocycles. The van der Waals surface area contributed by atoms with Crippen molar-refractivity contribution < 1.29 is 12.8 Å². The van der Waals surface area contributed by atoms with E-state index >= 15 is 0 Å². The summed E-state index contributed by atoms with van der Waals surface area (Å²) in [5.41, 5.74) is 0.774. The lowest BCUT2D eigenvalue weighted by Crippen LogP contribution is -2.29. The number of sulfonamides is 1. The minimum absolute atomic E-state index is 0.0162. The van der Waals surface area contributed by atoms with Crippen LogP contribution >= 0.6 is 0 Å². The van der Waals surface area contributed by atoms with Crippen molar-refractivity contribution >= 4 is 15.7 Å². The lowest BCUT2D eigenvalue weighted by Gasteiger charge is -2.13. The van der Waals surface area contributed by atoms with E-state index in [1.807, 2.05) is 0 Å². The maximum absolute atomic E-state index is 13.5. The predicted octanol–water partition coefficient (Wildman–Crippen LogP) is 1.24. The molecule has 1 aliphatic heterocycles. The van der Waals surface area contributed by atoms with Crippen molar-refractivity contribution in [1.29, 1.82) is 0 Å². The summed E-state index contributed by atoms with van der Waals surface area (Å²) in [6.07, 6.45) is 0.558. The molecule has 1 fully saturated rings. The van der Waals surface area contributed by atoms with Crippen LogP contribution in [0.3, 0.4) is 0 Å². The van der Waals surface area contributed by atoms with E-state index in [1.54, 1.807) is 13.0 Å². The molecule has 0 radical (unpaired) electrons. The van der Waals surface area contributed by atoms with Crippen molar-refractivity contribution in [2.24, 2.45) is 0 Å². The van der Waals surface area contributed by atoms with Gasteiger partial charge in [0.1, 0.15) is 5.82 Å². The Bertz CT molecular complexity index is 510. The number of aryl methyl sites for hydroxylation is 1. The molecule has 0 amide bonds. The van der Waals surface area contributed by atoms with Gasteiger partial charge in [-0.1, -0.05) is 6.07 Å². The van der Waals surface area contributed by atoms with E-state index < -0.39 is 21.1 Å². The SMILES string of the molecule is Cc1ccc(NS(=O)(=O)C2CCNC2)c(F)c1. The van der Waals surface area contributed by atoms with Gasteiger partial charge in [-0.25, -0.2) is 12.8 Å². The van der Waals surface area contributed by atoms with Crippen LogP contribution in [-0.2, 0) is 10.0 Å². The van der Waals surface area contributed by atoms with Crippen LogP contribution in [0.4, 0.5) is 10.1 Å². The van der Waals surface area contributed by atoms with E-state index in [0.29, 0.717) is 19.5 Å². The van der Waals surface area contributed by atoms with Gasteiger partial charge in [0.25, 0.3) is 0 Å². The van der Waals surface area contributed by atoms with Crippen LogP contribution < -0.4 is 10.0 Å². The first-order valence-corrected chi connectivity index (χ1v) is 7.02. The quantitative estimate of drug-likeness (QED) is 0.857. The molecule has 0 aliphatic carbocycles. The number of benzene rings is 1. The van der Waals surface area contributed by atoms with Crippen molar-refractivity contribution in [2.75, 3.05) is 17.8 Å². The van der Waals surface area contributed by atoms with Crippen LogP contribution in [0.2, 0.25) is 0 Å². The Morgan fingerprint density at radius 2 is 2.24 bits per heavy atom. The van der Waals surface area contributed by atoms with Gasteiger partial charge in [-0.05, 0) is 37.6 Å². The molecule has 1 heterocycles. The molecule has 0 saturated carbocycles. The van der Waals surface area contributed by atoms with Crippen molar-refractivity contribution in [3.63, 3.8) is 0 Å². The van der Waals surface area contributed by atoms with Crippen LogP contribution in [0.25, 0.3) is 0 Å².